The Kier molecular flexibility index (Phi) is 7.32. The molecule has 1 aliphatic rings. The van der Waals surface area contributed by atoms with Crippen molar-refractivity contribution < 1.29 is 28.6 Å². The molecule has 2 rings (SSSR count). The highest BCUT2D eigenvalue weighted by Crippen LogP contribution is 2.38. The molecule has 0 aliphatic carbocycles. The summed E-state index contributed by atoms with van der Waals surface area (Å²) in [5.74, 6) is -0.0600. The van der Waals surface area contributed by atoms with Crippen LogP contribution in [0.5, 0.6) is 11.5 Å². The first-order valence-electron chi connectivity index (χ1n) is 8.28. The van der Waals surface area contributed by atoms with E-state index >= 15 is 0 Å². The molecule has 1 fully saturated rings. The van der Waals surface area contributed by atoms with Crippen molar-refractivity contribution in [3.8, 4) is 11.5 Å². The zero-order chi connectivity index (χ0) is 20.1. The Hall–Kier alpha value is -2.00. The van der Waals surface area contributed by atoms with Crippen LogP contribution >= 0.6 is 27.7 Å². The van der Waals surface area contributed by atoms with Crippen LogP contribution < -0.4 is 9.47 Å². The summed E-state index contributed by atoms with van der Waals surface area (Å²) in [6, 6.07) is 2.49. The van der Waals surface area contributed by atoms with Crippen LogP contribution in [0.4, 0.5) is 4.79 Å². The van der Waals surface area contributed by atoms with Crippen molar-refractivity contribution >= 4 is 50.9 Å². The lowest BCUT2D eigenvalue weighted by atomic mass is 10.1. The Morgan fingerprint density at radius 1 is 1.22 bits per heavy atom. The first-order valence-corrected chi connectivity index (χ1v) is 9.88. The normalized spacial score (nSPS) is 16.6. The monoisotopic (exact) mass is 457 g/mol. The van der Waals surface area contributed by atoms with Gasteiger partial charge in [-0.1, -0.05) is 0 Å². The summed E-state index contributed by atoms with van der Waals surface area (Å²) in [5.41, 5.74) is 0.614. The maximum Gasteiger partial charge on any atom is 0.328 e. The number of hydrogen-bond donors (Lipinski definition) is 0. The van der Waals surface area contributed by atoms with Gasteiger partial charge in [0.25, 0.3) is 11.1 Å². The van der Waals surface area contributed by atoms with Crippen LogP contribution in [0.3, 0.4) is 0 Å². The highest BCUT2D eigenvalue weighted by Gasteiger charge is 2.41. The van der Waals surface area contributed by atoms with Gasteiger partial charge < -0.3 is 14.2 Å². The van der Waals surface area contributed by atoms with E-state index < -0.39 is 23.2 Å². The van der Waals surface area contributed by atoms with Gasteiger partial charge in [-0.15, -0.1) is 0 Å². The summed E-state index contributed by atoms with van der Waals surface area (Å²) >= 11 is 4.20. The van der Waals surface area contributed by atoms with E-state index in [2.05, 4.69) is 20.7 Å². The van der Waals surface area contributed by atoms with Crippen LogP contribution in [0, 0.1) is 0 Å². The predicted octanol–water partition coefficient (Wildman–Crippen LogP) is 3.84. The van der Waals surface area contributed by atoms with Crippen LogP contribution in [-0.2, 0) is 14.3 Å². The van der Waals surface area contributed by atoms with Gasteiger partial charge in [-0.2, -0.15) is 0 Å². The van der Waals surface area contributed by atoms with Gasteiger partial charge in [0.15, 0.2) is 0 Å². The van der Waals surface area contributed by atoms with Gasteiger partial charge in [-0.05, 0) is 60.6 Å². The van der Waals surface area contributed by atoms with E-state index in [9.17, 15) is 14.4 Å². The van der Waals surface area contributed by atoms with Gasteiger partial charge in [0, 0.05) is 11.6 Å². The fourth-order valence-corrected chi connectivity index (χ4v) is 3.82. The number of imide groups is 1. The number of hydrogen-bond acceptors (Lipinski definition) is 7. The van der Waals surface area contributed by atoms with Crippen LogP contribution in [0.25, 0.3) is 6.08 Å². The van der Waals surface area contributed by atoms with Crippen molar-refractivity contribution in [3.63, 3.8) is 0 Å². The number of esters is 1. The first kappa shape index (κ1) is 21.3. The minimum absolute atomic E-state index is 0.202. The molecule has 0 N–H and O–H groups in total. The van der Waals surface area contributed by atoms with Gasteiger partial charge in [-0.3, -0.25) is 14.5 Å². The van der Waals surface area contributed by atoms with E-state index in [1.807, 2.05) is 13.8 Å². The van der Waals surface area contributed by atoms with Crippen LogP contribution in [-0.4, -0.2) is 48.4 Å². The Morgan fingerprint density at radius 3 is 2.44 bits per heavy atom. The molecule has 0 bridgehead atoms. The van der Waals surface area contributed by atoms with Crippen molar-refractivity contribution in [3.05, 3.63) is 27.1 Å². The largest absolute Gasteiger partial charge is 0.493 e. The van der Waals surface area contributed by atoms with Gasteiger partial charge in [-0.25, -0.2) is 4.79 Å². The number of methoxy groups -OCH3 is 1. The summed E-state index contributed by atoms with van der Waals surface area (Å²) in [6.07, 6.45) is 1.57. The average Bonchev–Trinajstić information content (AvgIpc) is 2.91. The standard InChI is InChI=1S/C18H20BrNO6S/c1-5-25-13-9-14(26-6-2)12(19)7-11(13)8-15-16(21)20(18(23)27-15)10(3)17(22)24-4/h7-10H,5-6H2,1-4H3/b15-8+/t10-/m0/s1. The minimum Gasteiger partial charge on any atom is -0.493 e. The summed E-state index contributed by atoms with van der Waals surface area (Å²) in [5, 5.41) is -0.521. The molecular weight excluding hydrogens is 438 g/mol. The number of ether oxygens (including phenoxy) is 3. The van der Waals surface area contributed by atoms with E-state index in [-0.39, 0.29) is 4.91 Å². The van der Waals surface area contributed by atoms with Crippen LogP contribution in [0.1, 0.15) is 26.3 Å². The molecule has 146 valence electrons. The van der Waals surface area contributed by atoms with Gasteiger partial charge in [0.2, 0.25) is 0 Å². The number of carbonyl (C=O) groups is 3. The number of halogens is 1. The molecular formula is C18H20BrNO6S. The molecule has 0 unspecified atom stereocenters. The fraction of sp³-hybridized carbons (Fsp3) is 0.389. The van der Waals surface area contributed by atoms with Gasteiger partial charge >= 0.3 is 5.97 Å². The average molecular weight is 458 g/mol. The molecule has 1 aliphatic heterocycles. The molecule has 27 heavy (non-hydrogen) atoms. The second-order valence-electron chi connectivity index (χ2n) is 5.44. The maximum atomic E-state index is 12.6. The third kappa shape index (κ3) is 4.65. The van der Waals surface area contributed by atoms with E-state index in [0.717, 1.165) is 16.7 Å². The second-order valence-corrected chi connectivity index (χ2v) is 7.28. The number of thioether (sulfide) groups is 1. The smallest absolute Gasteiger partial charge is 0.328 e. The molecule has 0 spiro atoms. The molecule has 0 aromatic heterocycles. The lowest BCUT2D eigenvalue weighted by Gasteiger charge is -2.18. The van der Waals surface area contributed by atoms with Crippen molar-refractivity contribution in [1.29, 1.82) is 0 Å². The molecule has 9 heteroatoms. The molecule has 1 atom stereocenters. The topological polar surface area (TPSA) is 82.1 Å². The van der Waals surface area contributed by atoms with Gasteiger partial charge in [0.05, 0.1) is 29.7 Å². The van der Waals surface area contributed by atoms with Crippen molar-refractivity contribution in [2.24, 2.45) is 0 Å². The quantitative estimate of drug-likeness (QED) is 0.454. The minimum atomic E-state index is -0.994. The highest BCUT2D eigenvalue weighted by atomic mass is 79.9. The number of benzene rings is 1. The van der Waals surface area contributed by atoms with Crippen LogP contribution in [0.15, 0.2) is 21.5 Å². The van der Waals surface area contributed by atoms with Crippen molar-refractivity contribution in [2.75, 3.05) is 20.3 Å². The van der Waals surface area contributed by atoms with E-state index in [0.29, 0.717) is 34.7 Å². The number of carbonyl (C=O) groups excluding carboxylic acids is 3. The van der Waals surface area contributed by atoms with Crippen molar-refractivity contribution in [2.45, 2.75) is 26.8 Å². The summed E-state index contributed by atoms with van der Waals surface area (Å²) in [7, 11) is 1.21. The highest BCUT2D eigenvalue weighted by molar-refractivity contribution is 9.10. The zero-order valence-corrected chi connectivity index (χ0v) is 17.8. The van der Waals surface area contributed by atoms with E-state index in [4.69, 9.17) is 9.47 Å². The third-order valence-electron chi connectivity index (χ3n) is 3.70. The molecule has 1 aromatic rings. The zero-order valence-electron chi connectivity index (χ0n) is 15.4. The molecule has 1 heterocycles. The third-order valence-corrected chi connectivity index (χ3v) is 5.21. The number of amides is 2. The Morgan fingerprint density at radius 2 is 1.85 bits per heavy atom. The molecule has 7 nitrogen and oxygen atoms in total. The van der Waals surface area contributed by atoms with E-state index in [1.165, 1.54) is 14.0 Å². The lowest BCUT2D eigenvalue weighted by Crippen LogP contribution is -2.42. The number of rotatable bonds is 7. The summed E-state index contributed by atoms with van der Waals surface area (Å²) in [6.45, 7) is 6.09. The summed E-state index contributed by atoms with van der Waals surface area (Å²) < 4.78 is 16.5. The van der Waals surface area contributed by atoms with Gasteiger partial charge in [0.1, 0.15) is 17.5 Å². The Balaban J connectivity index is 2.40. The maximum absolute atomic E-state index is 12.6. The SMILES string of the molecule is CCOc1cc(OCC)c(/C=C2/SC(=O)N([C@@H](C)C(=O)OC)C2=O)cc1Br. The molecule has 0 saturated carbocycles. The van der Waals surface area contributed by atoms with E-state index in [1.54, 1.807) is 18.2 Å². The lowest BCUT2D eigenvalue weighted by molar-refractivity contribution is -0.148. The van der Waals surface area contributed by atoms with Crippen molar-refractivity contribution in [1.82, 2.24) is 4.90 Å². The Labute approximate surface area is 170 Å². The molecule has 0 radical (unpaired) electrons. The molecule has 1 aromatic carbocycles. The Bertz CT molecular complexity index is 794. The summed E-state index contributed by atoms with van der Waals surface area (Å²) in [4.78, 5) is 37.7. The predicted molar refractivity (Wildman–Crippen MR) is 106 cm³/mol. The first-order chi connectivity index (χ1) is 12.8. The number of nitrogens with zero attached hydrogens (tertiary/aromatic N) is 1. The van der Waals surface area contributed by atoms with Crippen LogP contribution in [0.2, 0.25) is 0 Å². The molecule has 1 saturated heterocycles. The second kappa shape index (κ2) is 9.27. The molecule has 2 amide bonds. The fourth-order valence-electron chi connectivity index (χ4n) is 2.44.